The van der Waals surface area contributed by atoms with Crippen molar-refractivity contribution in [3.05, 3.63) is 89.5 Å². The zero-order valence-corrected chi connectivity index (χ0v) is 18.2. The van der Waals surface area contributed by atoms with E-state index in [0.717, 1.165) is 49.9 Å². The quantitative estimate of drug-likeness (QED) is 0.627. The van der Waals surface area contributed by atoms with E-state index < -0.39 is 0 Å². The average molecular weight is 432 g/mol. The summed E-state index contributed by atoms with van der Waals surface area (Å²) in [6.45, 7) is 5.72. The number of ether oxygens (including phenoxy) is 3. The Morgan fingerprint density at radius 3 is 2.47 bits per heavy atom. The van der Waals surface area contributed by atoms with Gasteiger partial charge in [-0.2, -0.15) is 0 Å². The first kappa shape index (κ1) is 20.9. The Morgan fingerprint density at radius 2 is 1.69 bits per heavy atom. The molecular weight excluding hydrogens is 402 g/mol. The second-order valence-corrected chi connectivity index (χ2v) is 8.40. The van der Waals surface area contributed by atoms with Crippen molar-refractivity contribution in [1.82, 2.24) is 4.90 Å². The van der Waals surface area contributed by atoms with Crippen molar-refractivity contribution in [2.75, 3.05) is 46.1 Å². The summed E-state index contributed by atoms with van der Waals surface area (Å²) < 4.78 is 17.5. The molecule has 32 heavy (non-hydrogen) atoms. The van der Waals surface area contributed by atoms with Gasteiger partial charge in [-0.05, 0) is 29.3 Å². The number of hydrogen-bond donors (Lipinski definition) is 1. The molecule has 1 saturated heterocycles. The van der Waals surface area contributed by atoms with Gasteiger partial charge < -0.3 is 19.3 Å². The largest absolute Gasteiger partial charge is 0.508 e. The maximum atomic E-state index is 9.93. The van der Waals surface area contributed by atoms with Crippen LogP contribution in [0.3, 0.4) is 0 Å². The first-order chi connectivity index (χ1) is 15.8. The molecule has 0 saturated carbocycles. The van der Waals surface area contributed by atoms with Gasteiger partial charge in [0.1, 0.15) is 23.9 Å². The molecule has 1 fully saturated rings. The summed E-state index contributed by atoms with van der Waals surface area (Å²) in [6, 6.07) is 24.4. The van der Waals surface area contributed by atoms with E-state index in [-0.39, 0.29) is 17.6 Å². The standard InChI is InChI=1S/C27H29NO4/c29-22-8-11-24-26(18-22)32-19-25(20-4-2-1-3-5-20)27(24)21-6-9-23(10-7-21)31-17-14-28-12-15-30-16-13-28/h1-11,18,25,27,29H,12-17,19H2. The minimum absolute atomic E-state index is 0.143. The third kappa shape index (κ3) is 4.59. The van der Waals surface area contributed by atoms with Gasteiger partial charge in [0.05, 0.1) is 19.8 Å². The van der Waals surface area contributed by atoms with E-state index in [1.807, 2.05) is 12.1 Å². The summed E-state index contributed by atoms with van der Waals surface area (Å²) in [5.41, 5.74) is 3.57. The molecule has 3 aromatic carbocycles. The predicted octanol–water partition coefficient (Wildman–Crippen LogP) is 4.41. The van der Waals surface area contributed by atoms with E-state index in [1.54, 1.807) is 12.1 Å². The number of hydrogen-bond acceptors (Lipinski definition) is 5. The molecule has 2 heterocycles. The van der Waals surface area contributed by atoms with Crippen molar-refractivity contribution < 1.29 is 19.3 Å². The van der Waals surface area contributed by atoms with E-state index in [0.29, 0.717) is 13.2 Å². The molecule has 0 aromatic heterocycles. The molecule has 0 amide bonds. The minimum Gasteiger partial charge on any atom is -0.508 e. The number of rotatable bonds is 6. The van der Waals surface area contributed by atoms with Gasteiger partial charge in [0.15, 0.2) is 0 Å². The van der Waals surface area contributed by atoms with Crippen LogP contribution in [0.1, 0.15) is 28.5 Å². The molecule has 2 aliphatic rings. The van der Waals surface area contributed by atoms with Crippen LogP contribution in [-0.2, 0) is 4.74 Å². The van der Waals surface area contributed by atoms with Crippen molar-refractivity contribution in [3.63, 3.8) is 0 Å². The summed E-state index contributed by atoms with van der Waals surface area (Å²) in [5.74, 6) is 2.21. The lowest BCUT2D eigenvalue weighted by Crippen LogP contribution is -2.38. The van der Waals surface area contributed by atoms with Crippen LogP contribution in [0.25, 0.3) is 0 Å². The molecule has 0 aliphatic carbocycles. The second-order valence-electron chi connectivity index (χ2n) is 8.40. The fourth-order valence-electron chi connectivity index (χ4n) is 4.69. The van der Waals surface area contributed by atoms with Gasteiger partial charge in [-0.25, -0.2) is 0 Å². The third-order valence-electron chi connectivity index (χ3n) is 6.40. The summed E-state index contributed by atoms with van der Waals surface area (Å²) in [4.78, 5) is 2.37. The van der Waals surface area contributed by atoms with Crippen molar-refractivity contribution >= 4 is 0 Å². The molecular formula is C27H29NO4. The number of morpholine rings is 1. The van der Waals surface area contributed by atoms with Crippen LogP contribution >= 0.6 is 0 Å². The summed E-state index contributed by atoms with van der Waals surface area (Å²) >= 11 is 0. The smallest absolute Gasteiger partial charge is 0.126 e. The summed E-state index contributed by atoms with van der Waals surface area (Å²) in [7, 11) is 0. The fourth-order valence-corrected chi connectivity index (χ4v) is 4.69. The molecule has 5 heteroatoms. The van der Waals surface area contributed by atoms with E-state index in [2.05, 4.69) is 53.4 Å². The van der Waals surface area contributed by atoms with Gasteiger partial charge in [0.25, 0.3) is 0 Å². The molecule has 0 spiro atoms. The van der Waals surface area contributed by atoms with E-state index in [4.69, 9.17) is 14.2 Å². The van der Waals surface area contributed by atoms with Crippen LogP contribution in [0.15, 0.2) is 72.8 Å². The maximum absolute atomic E-state index is 9.93. The SMILES string of the molecule is Oc1ccc2c(c1)OCC(c1ccccc1)C2c1ccc(OCCN2CCOCC2)cc1. The first-order valence-corrected chi connectivity index (χ1v) is 11.3. The van der Waals surface area contributed by atoms with Crippen LogP contribution in [0.2, 0.25) is 0 Å². The van der Waals surface area contributed by atoms with Crippen molar-refractivity contribution in [2.24, 2.45) is 0 Å². The van der Waals surface area contributed by atoms with Gasteiger partial charge in [0.2, 0.25) is 0 Å². The van der Waals surface area contributed by atoms with E-state index >= 15 is 0 Å². The van der Waals surface area contributed by atoms with Crippen molar-refractivity contribution in [3.8, 4) is 17.2 Å². The molecule has 2 unspecified atom stereocenters. The normalized spacial score (nSPS) is 20.9. The molecule has 0 bridgehead atoms. The predicted molar refractivity (Wildman–Crippen MR) is 124 cm³/mol. The molecule has 2 aliphatic heterocycles. The van der Waals surface area contributed by atoms with Crippen LogP contribution < -0.4 is 9.47 Å². The number of benzene rings is 3. The minimum atomic E-state index is 0.143. The topological polar surface area (TPSA) is 51.2 Å². The van der Waals surface area contributed by atoms with Gasteiger partial charge in [-0.15, -0.1) is 0 Å². The Kier molecular flexibility index (Phi) is 6.28. The van der Waals surface area contributed by atoms with E-state index in [1.165, 1.54) is 11.1 Å². The Bertz CT molecular complexity index is 1020. The Hall–Kier alpha value is -3.02. The number of fused-ring (bicyclic) bond motifs is 1. The van der Waals surface area contributed by atoms with Crippen LogP contribution in [-0.4, -0.2) is 56.1 Å². The molecule has 2 atom stereocenters. The lowest BCUT2D eigenvalue weighted by Gasteiger charge is -2.34. The molecule has 1 N–H and O–H groups in total. The maximum Gasteiger partial charge on any atom is 0.126 e. The number of aromatic hydroxyl groups is 1. The highest BCUT2D eigenvalue weighted by molar-refractivity contribution is 5.50. The Morgan fingerprint density at radius 1 is 0.906 bits per heavy atom. The van der Waals surface area contributed by atoms with Crippen LogP contribution in [0, 0.1) is 0 Å². The highest BCUT2D eigenvalue weighted by Crippen LogP contribution is 2.47. The fraction of sp³-hybridized carbons (Fsp3) is 0.333. The highest BCUT2D eigenvalue weighted by Gasteiger charge is 2.33. The Labute approximate surface area is 189 Å². The second kappa shape index (κ2) is 9.63. The molecule has 5 rings (SSSR count). The van der Waals surface area contributed by atoms with Gasteiger partial charge in [-0.3, -0.25) is 4.90 Å². The first-order valence-electron chi connectivity index (χ1n) is 11.3. The monoisotopic (exact) mass is 431 g/mol. The molecule has 166 valence electrons. The molecule has 5 nitrogen and oxygen atoms in total. The number of phenols is 1. The number of phenolic OH excluding ortho intramolecular Hbond substituents is 1. The van der Waals surface area contributed by atoms with Crippen LogP contribution in [0.5, 0.6) is 17.2 Å². The summed E-state index contributed by atoms with van der Waals surface area (Å²) in [6.07, 6.45) is 0. The average Bonchev–Trinajstić information content (AvgIpc) is 2.85. The molecule has 3 aromatic rings. The Balaban J connectivity index is 1.35. The lowest BCUT2D eigenvalue weighted by atomic mass is 9.76. The van der Waals surface area contributed by atoms with Gasteiger partial charge in [0, 0.05) is 43.1 Å². The molecule has 0 radical (unpaired) electrons. The van der Waals surface area contributed by atoms with Gasteiger partial charge >= 0.3 is 0 Å². The van der Waals surface area contributed by atoms with E-state index in [9.17, 15) is 5.11 Å². The lowest BCUT2D eigenvalue weighted by molar-refractivity contribution is 0.0322. The number of nitrogens with zero attached hydrogens (tertiary/aromatic N) is 1. The van der Waals surface area contributed by atoms with Crippen molar-refractivity contribution in [1.29, 1.82) is 0 Å². The van der Waals surface area contributed by atoms with Crippen molar-refractivity contribution in [2.45, 2.75) is 11.8 Å². The highest BCUT2D eigenvalue weighted by atomic mass is 16.5. The third-order valence-corrected chi connectivity index (χ3v) is 6.40. The summed E-state index contributed by atoms with van der Waals surface area (Å²) in [5, 5.41) is 9.93. The zero-order valence-electron chi connectivity index (χ0n) is 18.2. The van der Waals surface area contributed by atoms with Crippen LogP contribution in [0.4, 0.5) is 0 Å². The zero-order chi connectivity index (χ0) is 21.8. The van der Waals surface area contributed by atoms with Gasteiger partial charge in [-0.1, -0.05) is 48.5 Å².